The van der Waals surface area contributed by atoms with Crippen molar-refractivity contribution in [2.75, 3.05) is 26.8 Å². The number of amides is 1. The van der Waals surface area contributed by atoms with Crippen LogP contribution in [0.4, 0.5) is 0 Å². The van der Waals surface area contributed by atoms with E-state index in [9.17, 15) is 4.79 Å². The lowest BCUT2D eigenvalue weighted by Crippen LogP contribution is -2.38. The zero-order valence-corrected chi connectivity index (χ0v) is 12.1. The summed E-state index contributed by atoms with van der Waals surface area (Å²) in [7, 11) is 1.69. The van der Waals surface area contributed by atoms with Gasteiger partial charge in [-0.25, -0.2) is 0 Å². The number of carbonyl (C=O) groups excluding carboxylic acids is 1. The van der Waals surface area contributed by atoms with E-state index in [0.29, 0.717) is 6.61 Å². The number of rotatable bonds is 4. The van der Waals surface area contributed by atoms with Gasteiger partial charge >= 0.3 is 0 Å². The highest BCUT2D eigenvalue weighted by atomic mass is 127. The van der Waals surface area contributed by atoms with E-state index in [-0.39, 0.29) is 5.91 Å². The molecule has 17 heavy (non-hydrogen) atoms. The first-order valence-electron chi connectivity index (χ1n) is 5.79. The largest absolute Gasteiger partial charge is 0.385 e. The molecule has 0 fully saturated rings. The maximum atomic E-state index is 12.2. The smallest absolute Gasteiger partial charge is 0.254 e. The van der Waals surface area contributed by atoms with Crippen LogP contribution in [-0.2, 0) is 11.2 Å². The van der Waals surface area contributed by atoms with Gasteiger partial charge in [0.1, 0.15) is 0 Å². The Balaban J connectivity index is 2.09. The Labute approximate surface area is 115 Å². The first kappa shape index (κ1) is 12.8. The lowest BCUT2D eigenvalue weighted by molar-refractivity contribution is 0.0721. The molecule has 0 N–H and O–H groups in total. The summed E-state index contributed by atoms with van der Waals surface area (Å²) in [5.41, 5.74) is 2.05. The lowest BCUT2D eigenvalue weighted by atomic mass is 9.99. The molecule has 1 aliphatic heterocycles. The molecular weight excluding hydrogens is 329 g/mol. The summed E-state index contributed by atoms with van der Waals surface area (Å²) in [4.78, 5) is 14.2. The predicted molar refractivity (Wildman–Crippen MR) is 75.3 cm³/mol. The number of halogens is 1. The second kappa shape index (κ2) is 5.82. The topological polar surface area (TPSA) is 29.5 Å². The van der Waals surface area contributed by atoms with Crippen LogP contribution in [0.15, 0.2) is 18.2 Å². The Kier molecular flexibility index (Phi) is 4.39. The summed E-state index contributed by atoms with van der Waals surface area (Å²) in [5.74, 6) is 0.167. The highest BCUT2D eigenvalue weighted by Crippen LogP contribution is 2.21. The molecule has 0 aliphatic carbocycles. The second-order valence-corrected chi connectivity index (χ2v) is 5.44. The number of hydrogen-bond donors (Lipinski definition) is 0. The fourth-order valence-corrected chi connectivity index (χ4v) is 2.60. The molecule has 1 aromatic rings. The molecule has 3 nitrogen and oxygen atoms in total. The Hall–Kier alpha value is -0.620. The van der Waals surface area contributed by atoms with Gasteiger partial charge in [0.2, 0.25) is 0 Å². The zero-order valence-electron chi connectivity index (χ0n) is 9.91. The number of ether oxygens (including phenoxy) is 1. The van der Waals surface area contributed by atoms with E-state index in [2.05, 4.69) is 34.7 Å². The molecule has 0 unspecified atom stereocenters. The monoisotopic (exact) mass is 345 g/mol. The van der Waals surface area contributed by atoms with E-state index in [1.54, 1.807) is 7.11 Å². The molecule has 1 amide bonds. The molecule has 0 radical (unpaired) electrons. The van der Waals surface area contributed by atoms with E-state index < -0.39 is 0 Å². The molecule has 1 aromatic carbocycles. The highest BCUT2D eigenvalue weighted by molar-refractivity contribution is 14.1. The van der Waals surface area contributed by atoms with Gasteiger partial charge in [0.15, 0.2) is 0 Å². The molecule has 2 rings (SSSR count). The molecule has 4 heteroatoms. The molecule has 1 aliphatic rings. The lowest BCUT2D eigenvalue weighted by Gasteiger charge is -2.28. The van der Waals surface area contributed by atoms with E-state index >= 15 is 0 Å². The van der Waals surface area contributed by atoms with Crippen molar-refractivity contribution < 1.29 is 9.53 Å². The van der Waals surface area contributed by atoms with Crippen LogP contribution in [0.1, 0.15) is 22.3 Å². The van der Waals surface area contributed by atoms with Crippen molar-refractivity contribution in [3.05, 3.63) is 32.9 Å². The third-order valence-corrected chi connectivity index (χ3v) is 3.69. The summed E-state index contributed by atoms with van der Waals surface area (Å²) >= 11 is 2.25. The number of fused-ring (bicyclic) bond motifs is 1. The van der Waals surface area contributed by atoms with Crippen LogP contribution in [0.25, 0.3) is 0 Å². The van der Waals surface area contributed by atoms with Crippen LogP contribution in [0.2, 0.25) is 0 Å². The summed E-state index contributed by atoms with van der Waals surface area (Å²) in [6.45, 7) is 2.33. The minimum absolute atomic E-state index is 0.167. The van der Waals surface area contributed by atoms with Crippen LogP contribution in [-0.4, -0.2) is 37.6 Å². The van der Waals surface area contributed by atoms with Gasteiger partial charge < -0.3 is 9.64 Å². The summed E-state index contributed by atoms with van der Waals surface area (Å²) < 4.78 is 6.14. The molecule has 92 valence electrons. The van der Waals surface area contributed by atoms with Crippen molar-refractivity contribution in [3.8, 4) is 0 Å². The summed E-state index contributed by atoms with van der Waals surface area (Å²) in [6, 6.07) is 6.12. The van der Waals surface area contributed by atoms with Crippen molar-refractivity contribution in [2.24, 2.45) is 0 Å². The Morgan fingerprint density at radius 1 is 1.47 bits per heavy atom. The molecule has 0 saturated carbocycles. The normalized spacial score (nSPS) is 14.9. The summed E-state index contributed by atoms with van der Waals surface area (Å²) in [6.07, 6.45) is 1.87. The maximum Gasteiger partial charge on any atom is 0.254 e. The van der Waals surface area contributed by atoms with E-state index in [4.69, 9.17) is 4.74 Å². The number of nitrogens with zero attached hydrogens (tertiary/aromatic N) is 1. The average Bonchev–Trinajstić information content (AvgIpc) is 2.33. The molecule has 0 atom stereocenters. The van der Waals surface area contributed by atoms with Crippen molar-refractivity contribution in [1.29, 1.82) is 0 Å². The van der Waals surface area contributed by atoms with Crippen molar-refractivity contribution in [1.82, 2.24) is 4.90 Å². The standard InChI is InChI=1S/C13H16INO2/c1-17-8-2-6-15-7-5-10-3-4-11(14)9-12(10)13(15)16/h3-4,9H,2,5-8H2,1H3. The first-order valence-corrected chi connectivity index (χ1v) is 6.87. The first-order chi connectivity index (χ1) is 8.22. The van der Waals surface area contributed by atoms with Crippen molar-refractivity contribution >= 4 is 28.5 Å². The molecule has 1 heterocycles. The Morgan fingerprint density at radius 2 is 2.29 bits per heavy atom. The Morgan fingerprint density at radius 3 is 3.06 bits per heavy atom. The maximum absolute atomic E-state index is 12.2. The van der Waals surface area contributed by atoms with Gasteiger partial charge in [-0.3, -0.25) is 4.79 Å². The second-order valence-electron chi connectivity index (χ2n) is 4.19. The quantitative estimate of drug-likeness (QED) is 0.619. The van der Waals surface area contributed by atoms with Gasteiger partial charge in [-0.05, 0) is 53.1 Å². The molecular formula is C13H16INO2. The van der Waals surface area contributed by atoms with Crippen LogP contribution >= 0.6 is 22.6 Å². The molecule has 0 bridgehead atoms. The van der Waals surface area contributed by atoms with Crippen molar-refractivity contribution in [3.63, 3.8) is 0 Å². The zero-order chi connectivity index (χ0) is 12.3. The molecule has 0 saturated heterocycles. The number of benzene rings is 1. The van der Waals surface area contributed by atoms with Crippen LogP contribution in [0, 0.1) is 3.57 Å². The fourth-order valence-electron chi connectivity index (χ4n) is 2.11. The van der Waals surface area contributed by atoms with Crippen LogP contribution in [0.5, 0.6) is 0 Å². The minimum Gasteiger partial charge on any atom is -0.385 e. The predicted octanol–water partition coefficient (Wildman–Crippen LogP) is 2.33. The van der Waals surface area contributed by atoms with Gasteiger partial charge in [-0.15, -0.1) is 0 Å². The van der Waals surface area contributed by atoms with Crippen molar-refractivity contribution in [2.45, 2.75) is 12.8 Å². The minimum atomic E-state index is 0.167. The highest BCUT2D eigenvalue weighted by Gasteiger charge is 2.23. The molecule has 0 spiro atoms. The van der Waals surface area contributed by atoms with Gasteiger partial charge in [0.25, 0.3) is 5.91 Å². The number of carbonyl (C=O) groups is 1. The third-order valence-electron chi connectivity index (χ3n) is 3.02. The van der Waals surface area contributed by atoms with Gasteiger partial charge in [-0.2, -0.15) is 0 Å². The molecule has 0 aromatic heterocycles. The average molecular weight is 345 g/mol. The van der Waals surface area contributed by atoms with E-state index in [1.165, 1.54) is 5.56 Å². The third kappa shape index (κ3) is 2.98. The van der Waals surface area contributed by atoms with E-state index in [1.807, 2.05) is 11.0 Å². The van der Waals surface area contributed by atoms with Gasteiger partial charge in [0, 0.05) is 35.9 Å². The van der Waals surface area contributed by atoms with Gasteiger partial charge in [-0.1, -0.05) is 6.07 Å². The Bertz CT molecular complexity index is 420. The SMILES string of the molecule is COCCCN1CCc2ccc(I)cc2C1=O. The van der Waals surface area contributed by atoms with Gasteiger partial charge in [0.05, 0.1) is 0 Å². The van der Waals surface area contributed by atoms with Crippen LogP contribution < -0.4 is 0 Å². The fraction of sp³-hybridized carbons (Fsp3) is 0.462. The number of methoxy groups -OCH3 is 1. The van der Waals surface area contributed by atoms with E-state index in [0.717, 1.165) is 35.1 Å². The summed E-state index contributed by atoms with van der Waals surface area (Å²) in [5, 5.41) is 0. The number of hydrogen-bond acceptors (Lipinski definition) is 2. The van der Waals surface area contributed by atoms with Crippen LogP contribution in [0.3, 0.4) is 0 Å².